The summed E-state index contributed by atoms with van der Waals surface area (Å²) >= 11 is 0. The van der Waals surface area contributed by atoms with Crippen LogP contribution in [0.2, 0.25) is 0 Å². The first-order valence-electron chi connectivity index (χ1n) is 8.78. The van der Waals surface area contributed by atoms with Gasteiger partial charge in [0.15, 0.2) is 0 Å². The predicted molar refractivity (Wildman–Crippen MR) is 104 cm³/mol. The summed E-state index contributed by atoms with van der Waals surface area (Å²) in [7, 11) is 0. The first kappa shape index (κ1) is 17.6. The number of amides is 2. The van der Waals surface area contributed by atoms with Crippen LogP contribution >= 0.6 is 0 Å². The molecule has 1 aromatic heterocycles. The summed E-state index contributed by atoms with van der Waals surface area (Å²) in [6, 6.07) is 12.8. The maximum atomic E-state index is 12.5. The van der Waals surface area contributed by atoms with Crippen LogP contribution in [0, 0.1) is 6.92 Å². The summed E-state index contributed by atoms with van der Waals surface area (Å²) in [5.41, 5.74) is 4.46. The molecule has 140 valence electrons. The maximum absolute atomic E-state index is 12.5. The minimum absolute atomic E-state index is 0.121. The van der Waals surface area contributed by atoms with Crippen molar-refractivity contribution < 1.29 is 9.59 Å². The normalized spacial score (nSPS) is 13.0. The second-order valence-corrected chi connectivity index (χ2v) is 6.50. The molecule has 2 heterocycles. The number of anilines is 1. The molecule has 0 saturated heterocycles. The highest BCUT2D eigenvalue weighted by atomic mass is 16.2. The number of hydrogen-bond acceptors (Lipinski definition) is 5. The Bertz CT molecular complexity index is 1040. The number of tetrazole rings is 1. The number of nitrogens with zero attached hydrogens (tertiary/aromatic N) is 5. The van der Waals surface area contributed by atoms with Crippen molar-refractivity contribution in [3.63, 3.8) is 0 Å². The average Bonchev–Trinajstić information content (AvgIpc) is 3.31. The number of benzene rings is 2. The van der Waals surface area contributed by atoms with Crippen LogP contribution < -0.4 is 5.32 Å². The highest BCUT2D eigenvalue weighted by Crippen LogP contribution is 2.31. The molecule has 1 aliphatic rings. The second-order valence-electron chi connectivity index (χ2n) is 6.50. The number of aromatic nitrogens is 4. The topological polar surface area (TPSA) is 93.0 Å². The van der Waals surface area contributed by atoms with E-state index in [2.05, 4.69) is 27.4 Å². The Labute approximate surface area is 161 Å². The molecule has 0 atom stereocenters. The Morgan fingerprint density at radius 1 is 1.18 bits per heavy atom. The van der Waals surface area contributed by atoms with E-state index in [9.17, 15) is 9.59 Å². The molecule has 0 unspecified atom stereocenters. The summed E-state index contributed by atoms with van der Waals surface area (Å²) in [4.78, 5) is 26.5. The van der Waals surface area contributed by atoms with Gasteiger partial charge in [0, 0.05) is 35.5 Å². The van der Waals surface area contributed by atoms with Crippen LogP contribution in [0.4, 0.5) is 5.69 Å². The van der Waals surface area contributed by atoms with E-state index in [-0.39, 0.29) is 24.8 Å². The van der Waals surface area contributed by atoms with Gasteiger partial charge in [-0.15, -0.1) is 5.10 Å². The van der Waals surface area contributed by atoms with Crippen molar-refractivity contribution in [1.82, 2.24) is 25.1 Å². The number of aryl methyl sites for hydroxylation is 1. The zero-order valence-corrected chi connectivity index (χ0v) is 15.3. The smallest absolute Gasteiger partial charge is 0.258 e. The quantitative estimate of drug-likeness (QED) is 0.740. The SMILES string of the molecule is C=C1c2ccccc2C(=O)N1CCC(=O)Nc1ccc(C)c(-n2cnnn2)c1. The van der Waals surface area contributed by atoms with E-state index in [1.165, 1.54) is 11.0 Å². The third-order valence-electron chi connectivity index (χ3n) is 4.69. The summed E-state index contributed by atoms with van der Waals surface area (Å²) in [5.74, 6) is -0.312. The molecule has 0 radical (unpaired) electrons. The van der Waals surface area contributed by atoms with E-state index in [1.807, 2.05) is 37.3 Å². The highest BCUT2D eigenvalue weighted by Gasteiger charge is 2.30. The Hall–Kier alpha value is -3.81. The molecule has 0 bridgehead atoms. The fourth-order valence-electron chi connectivity index (χ4n) is 3.21. The van der Waals surface area contributed by atoms with Crippen LogP contribution in [0.25, 0.3) is 11.4 Å². The lowest BCUT2D eigenvalue weighted by molar-refractivity contribution is -0.116. The zero-order valence-electron chi connectivity index (χ0n) is 15.3. The first-order chi connectivity index (χ1) is 13.5. The molecule has 28 heavy (non-hydrogen) atoms. The van der Waals surface area contributed by atoms with Crippen LogP contribution in [-0.2, 0) is 4.79 Å². The first-order valence-corrected chi connectivity index (χ1v) is 8.78. The van der Waals surface area contributed by atoms with Gasteiger partial charge in [-0.3, -0.25) is 9.59 Å². The molecule has 2 amide bonds. The summed E-state index contributed by atoms with van der Waals surface area (Å²) < 4.78 is 1.54. The van der Waals surface area contributed by atoms with Crippen LogP contribution in [0.15, 0.2) is 55.4 Å². The Morgan fingerprint density at radius 2 is 1.96 bits per heavy atom. The van der Waals surface area contributed by atoms with Gasteiger partial charge in [-0.05, 0) is 41.1 Å². The fourth-order valence-corrected chi connectivity index (χ4v) is 3.21. The van der Waals surface area contributed by atoms with Crippen molar-refractivity contribution in [3.05, 3.63) is 72.1 Å². The Morgan fingerprint density at radius 3 is 2.68 bits per heavy atom. The third kappa shape index (κ3) is 3.16. The number of carbonyl (C=O) groups is 2. The number of rotatable bonds is 5. The molecule has 0 saturated carbocycles. The standard InChI is InChI=1S/C20H18N6O2/c1-13-7-8-15(11-18(13)26-12-21-23-24-26)22-19(27)9-10-25-14(2)16-5-3-4-6-17(16)20(25)28/h3-8,11-12H,2,9-10H2,1H3,(H,22,27). The predicted octanol–water partition coefficient (Wildman–Crippen LogP) is 2.43. The van der Waals surface area contributed by atoms with Gasteiger partial charge in [-0.2, -0.15) is 0 Å². The molecule has 1 aliphatic heterocycles. The molecular weight excluding hydrogens is 356 g/mol. The van der Waals surface area contributed by atoms with Gasteiger partial charge < -0.3 is 10.2 Å². The molecule has 1 N–H and O–H groups in total. The minimum atomic E-state index is -0.192. The fraction of sp³-hybridized carbons (Fsp3) is 0.150. The summed E-state index contributed by atoms with van der Waals surface area (Å²) in [6.45, 7) is 6.19. The van der Waals surface area contributed by atoms with Gasteiger partial charge in [0.1, 0.15) is 6.33 Å². The Kier molecular flexibility index (Phi) is 4.44. The molecule has 0 aliphatic carbocycles. The molecule has 0 spiro atoms. The van der Waals surface area contributed by atoms with Crippen LogP contribution in [0.5, 0.6) is 0 Å². The largest absolute Gasteiger partial charge is 0.326 e. The van der Waals surface area contributed by atoms with Crippen molar-refractivity contribution in [2.45, 2.75) is 13.3 Å². The van der Waals surface area contributed by atoms with Crippen molar-refractivity contribution in [3.8, 4) is 5.69 Å². The molecule has 4 rings (SSSR count). The van der Waals surface area contributed by atoms with Crippen molar-refractivity contribution in [2.75, 3.05) is 11.9 Å². The van der Waals surface area contributed by atoms with Crippen molar-refractivity contribution in [2.24, 2.45) is 0 Å². The van der Waals surface area contributed by atoms with E-state index in [0.717, 1.165) is 16.8 Å². The highest BCUT2D eigenvalue weighted by molar-refractivity contribution is 6.09. The summed E-state index contributed by atoms with van der Waals surface area (Å²) in [6.07, 6.45) is 1.66. The van der Waals surface area contributed by atoms with Crippen molar-refractivity contribution in [1.29, 1.82) is 0 Å². The number of hydrogen-bond donors (Lipinski definition) is 1. The summed E-state index contributed by atoms with van der Waals surface area (Å²) in [5, 5.41) is 14.0. The molecule has 3 aromatic rings. The molecule has 0 fully saturated rings. The van der Waals surface area contributed by atoms with E-state index in [4.69, 9.17) is 0 Å². The zero-order chi connectivity index (χ0) is 19.7. The van der Waals surface area contributed by atoms with E-state index >= 15 is 0 Å². The van der Waals surface area contributed by atoms with Crippen molar-refractivity contribution >= 4 is 23.2 Å². The molecule has 2 aromatic carbocycles. The monoisotopic (exact) mass is 374 g/mol. The lowest BCUT2D eigenvalue weighted by Crippen LogP contribution is -2.27. The van der Waals surface area contributed by atoms with E-state index in [0.29, 0.717) is 16.9 Å². The van der Waals surface area contributed by atoms with E-state index < -0.39 is 0 Å². The third-order valence-corrected chi connectivity index (χ3v) is 4.69. The van der Waals surface area contributed by atoms with Gasteiger partial charge >= 0.3 is 0 Å². The minimum Gasteiger partial charge on any atom is -0.326 e. The van der Waals surface area contributed by atoms with Crippen LogP contribution in [0.3, 0.4) is 0 Å². The average molecular weight is 374 g/mol. The van der Waals surface area contributed by atoms with Gasteiger partial charge in [0.25, 0.3) is 5.91 Å². The number of carbonyl (C=O) groups excluding carboxylic acids is 2. The number of fused-ring (bicyclic) bond motifs is 1. The molecule has 8 heteroatoms. The molecule has 8 nitrogen and oxygen atoms in total. The van der Waals surface area contributed by atoms with Gasteiger partial charge in [-0.1, -0.05) is 30.8 Å². The van der Waals surface area contributed by atoms with Gasteiger partial charge in [0.05, 0.1) is 5.69 Å². The van der Waals surface area contributed by atoms with Gasteiger partial charge in [0.2, 0.25) is 5.91 Å². The lowest BCUT2D eigenvalue weighted by atomic mass is 10.1. The second kappa shape index (κ2) is 7.07. The Balaban J connectivity index is 1.42. The molecular formula is C20H18N6O2. The van der Waals surface area contributed by atoms with Crippen LogP contribution in [0.1, 0.15) is 27.9 Å². The van der Waals surface area contributed by atoms with Gasteiger partial charge in [-0.25, -0.2) is 4.68 Å². The van der Waals surface area contributed by atoms with Crippen LogP contribution in [-0.4, -0.2) is 43.5 Å². The lowest BCUT2D eigenvalue weighted by Gasteiger charge is -2.17. The maximum Gasteiger partial charge on any atom is 0.258 e. The van der Waals surface area contributed by atoms with E-state index in [1.54, 1.807) is 17.0 Å². The number of nitrogens with one attached hydrogen (secondary N) is 1.